The molecule has 0 aliphatic rings. The van der Waals surface area contributed by atoms with Crippen LogP contribution in [0.1, 0.15) is 35.9 Å². The lowest BCUT2D eigenvalue weighted by Gasteiger charge is -2.19. The van der Waals surface area contributed by atoms with Gasteiger partial charge in [0.1, 0.15) is 0 Å². The molecule has 1 nitrogen and oxygen atoms in total. The van der Waals surface area contributed by atoms with Gasteiger partial charge in [-0.2, -0.15) is 0 Å². The van der Waals surface area contributed by atoms with E-state index < -0.39 is 11.6 Å². The Balaban J connectivity index is 2.28. The number of halogens is 2. The maximum absolute atomic E-state index is 13.8. The van der Waals surface area contributed by atoms with Crippen molar-refractivity contribution < 1.29 is 8.78 Å². The summed E-state index contributed by atoms with van der Waals surface area (Å²) in [7, 11) is 0. The van der Waals surface area contributed by atoms with E-state index in [0.29, 0.717) is 12.0 Å². The molecule has 0 radical (unpaired) electrons. The van der Waals surface area contributed by atoms with Crippen molar-refractivity contribution in [2.24, 2.45) is 0 Å². The minimum atomic E-state index is -0.778. The Morgan fingerprint density at radius 3 is 2.65 bits per heavy atom. The van der Waals surface area contributed by atoms with Crippen molar-refractivity contribution in [2.75, 3.05) is 6.54 Å². The van der Waals surface area contributed by atoms with Gasteiger partial charge in [0.25, 0.3) is 0 Å². The van der Waals surface area contributed by atoms with Crippen LogP contribution in [-0.2, 0) is 12.8 Å². The van der Waals surface area contributed by atoms with Crippen LogP contribution in [0.4, 0.5) is 8.78 Å². The van der Waals surface area contributed by atoms with Gasteiger partial charge in [-0.05, 0) is 48.0 Å². The summed E-state index contributed by atoms with van der Waals surface area (Å²) < 4.78 is 27.1. The van der Waals surface area contributed by atoms with Crippen LogP contribution in [-0.4, -0.2) is 6.54 Å². The summed E-state index contributed by atoms with van der Waals surface area (Å²) in [6.07, 6.45) is 1.41. The van der Waals surface area contributed by atoms with Gasteiger partial charge in [0.05, 0.1) is 0 Å². The fourth-order valence-electron chi connectivity index (χ4n) is 2.38. The van der Waals surface area contributed by atoms with Gasteiger partial charge in [-0.3, -0.25) is 0 Å². The summed E-state index contributed by atoms with van der Waals surface area (Å²) in [6.45, 7) is 4.92. The largest absolute Gasteiger partial charge is 0.309 e. The minimum absolute atomic E-state index is 0.0336. The summed E-state index contributed by atoms with van der Waals surface area (Å²) in [5.41, 5.74) is 1.70. The van der Waals surface area contributed by atoms with Crippen molar-refractivity contribution in [2.45, 2.75) is 32.7 Å². The monoisotopic (exact) mass is 295 g/mol. The standard InChI is InChI=1S/C16H19F2NS/c1-3-11-8-9-20-16(11)14(19-4-2)10-12-6-5-7-13(17)15(12)18/h5-9,14,19H,3-4,10H2,1-2H3. The highest BCUT2D eigenvalue weighted by Gasteiger charge is 2.18. The number of hydrogen-bond acceptors (Lipinski definition) is 2. The smallest absolute Gasteiger partial charge is 0.162 e. The fourth-order valence-corrected chi connectivity index (χ4v) is 3.45. The second kappa shape index (κ2) is 6.95. The number of hydrogen-bond donors (Lipinski definition) is 1. The van der Waals surface area contributed by atoms with E-state index in [1.807, 2.05) is 6.92 Å². The lowest BCUT2D eigenvalue weighted by Crippen LogP contribution is -2.23. The van der Waals surface area contributed by atoms with E-state index >= 15 is 0 Å². The summed E-state index contributed by atoms with van der Waals surface area (Å²) >= 11 is 1.67. The van der Waals surface area contributed by atoms with E-state index in [4.69, 9.17) is 0 Å². The van der Waals surface area contributed by atoms with Crippen LogP contribution in [0.2, 0.25) is 0 Å². The number of rotatable bonds is 6. The van der Waals surface area contributed by atoms with Gasteiger partial charge in [-0.25, -0.2) is 8.78 Å². The van der Waals surface area contributed by atoms with Crippen LogP contribution >= 0.6 is 11.3 Å². The minimum Gasteiger partial charge on any atom is -0.309 e. The van der Waals surface area contributed by atoms with E-state index in [2.05, 4.69) is 23.7 Å². The van der Waals surface area contributed by atoms with E-state index in [0.717, 1.165) is 19.0 Å². The van der Waals surface area contributed by atoms with E-state index in [1.54, 1.807) is 23.5 Å². The predicted octanol–water partition coefficient (Wildman–Crippen LogP) is 4.48. The molecule has 4 heteroatoms. The Morgan fingerprint density at radius 2 is 1.95 bits per heavy atom. The van der Waals surface area contributed by atoms with Crippen molar-refractivity contribution in [3.05, 3.63) is 57.3 Å². The zero-order chi connectivity index (χ0) is 14.5. The summed E-state index contributed by atoms with van der Waals surface area (Å²) in [6, 6.07) is 6.51. The first kappa shape index (κ1) is 15.1. The number of aryl methyl sites for hydroxylation is 1. The molecule has 0 bridgehead atoms. The normalized spacial score (nSPS) is 12.6. The van der Waals surface area contributed by atoms with E-state index in [9.17, 15) is 8.78 Å². The summed E-state index contributed by atoms with van der Waals surface area (Å²) in [4.78, 5) is 1.22. The van der Waals surface area contributed by atoms with Crippen molar-refractivity contribution in [3.63, 3.8) is 0 Å². The zero-order valence-electron chi connectivity index (χ0n) is 11.7. The van der Waals surface area contributed by atoms with Crippen LogP contribution in [0, 0.1) is 11.6 Å². The van der Waals surface area contributed by atoms with Gasteiger partial charge < -0.3 is 5.32 Å². The second-order valence-electron chi connectivity index (χ2n) is 4.69. The molecular formula is C16H19F2NS. The molecule has 1 atom stereocenters. The van der Waals surface area contributed by atoms with Crippen LogP contribution in [0.15, 0.2) is 29.6 Å². The highest BCUT2D eigenvalue weighted by Crippen LogP contribution is 2.28. The first-order valence-corrected chi connectivity index (χ1v) is 7.77. The summed E-state index contributed by atoms with van der Waals surface area (Å²) in [5, 5.41) is 5.43. The van der Waals surface area contributed by atoms with Crippen LogP contribution in [0.25, 0.3) is 0 Å². The lowest BCUT2D eigenvalue weighted by atomic mass is 10.0. The molecule has 0 aliphatic heterocycles. The molecule has 20 heavy (non-hydrogen) atoms. The van der Waals surface area contributed by atoms with Crippen molar-refractivity contribution in [3.8, 4) is 0 Å². The molecule has 108 valence electrons. The molecule has 0 aliphatic carbocycles. The van der Waals surface area contributed by atoms with Crippen LogP contribution in [0.3, 0.4) is 0 Å². The average molecular weight is 295 g/mol. The first-order valence-electron chi connectivity index (χ1n) is 6.89. The Hall–Kier alpha value is -1.26. The molecule has 0 fully saturated rings. The Morgan fingerprint density at radius 1 is 1.15 bits per heavy atom. The Kier molecular flexibility index (Phi) is 5.26. The highest BCUT2D eigenvalue weighted by molar-refractivity contribution is 7.10. The predicted molar refractivity (Wildman–Crippen MR) is 80.2 cm³/mol. The maximum atomic E-state index is 13.8. The van der Waals surface area contributed by atoms with Gasteiger partial charge in [0, 0.05) is 10.9 Å². The third kappa shape index (κ3) is 3.25. The third-order valence-corrected chi connectivity index (χ3v) is 4.46. The topological polar surface area (TPSA) is 12.0 Å². The number of likely N-dealkylation sites (N-methyl/N-ethyl adjacent to an activating group) is 1. The number of nitrogens with one attached hydrogen (secondary N) is 1. The first-order chi connectivity index (χ1) is 9.67. The molecule has 2 rings (SSSR count). The van der Waals surface area contributed by atoms with Gasteiger partial charge >= 0.3 is 0 Å². The van der Waals surface area contributed by atoms with Gasteiger partial charge in [-0.15, -0.1) is 11.3 Å². The third-order valence-electron chi connectivity index (χ3n) is 3.38. The average Bonchev–Trinajstić information content (AvgIpc) is 2.91. The zero-order valence-corrected chi connectivity index (χ0v) is 12.6. The molecular weight excluding hydrogens is 276 g/mol. The summed E-state index contributed by atoms with van der Waals surface area (Å²) in [5.74, 6) is -1.51. The lowest BCUT2D eigenvalue weighted by molar-refractivity contribution is 0.482. The Bertz CT molecular complexity index is 565. The van der Waals surface area contributed by atoms with Crippen LogP contribution < -0.4 is 5.32 Å². The Labute approximate surface area is 122 Å². The highest BCUT2D eigenvalue weighted by atomic mass is 32.1. The quantitative estimate of drug-likeness (QED) is 0.828. The molecule has 0 saturated carbocycles. The van der Waals surface area contributed by atoms with Gasteiger partial charge in [-0.1, -0.05) is 26.0 Å². The van der Waals surface area contributed by atoms with Crippen molar-refractivity contribution in [1.82, 2.24) is 5.32 Å². The van der Waals surface area contributed by atoms with E-state index in [-0.39, 0.29) is 6.04 Å². The van der Waals surface area contributed by atoms with E-state index in [1.165, 1.54) is 10.4 Å². The molecule has 1 aromatic heterocycles. The van der Waals surface area contributed by atoms with Gasteiger partial charge in [0.2, 0.25) is 0 Å². The SMILES string of the molecule is CCNC(Cc1cccc(F)c1F)c1sccc1CC. The van der Waals surface area contributed by atoms with Crippen molar-refractivity contribution in [1.29, 1.82) is 0 Å². The maximum Gasteiger partial charge on any atom is 0.162 e. The second-order valence-corrected chi connectivity index (χ2v) is 5.64. The molecule has 0 spiro atoms. The van der Waals surface area contributed by atoms with Crippen LogP contribution in [0.5, 0.6) is 0 Å². The molecule has 1 unspecified atom stereocenters. The fraction of sp³-hybridized carbons (Fsp3) is 0.375. The van der Waals surface area contributed by atoms with Crippen molar-refractivity contribution >= 4 is 11.3 Å². The molecule has 0 amide bonds. The van der Waals surface area contributed by atoms with Gasteiger partial charge in [0.15, 0.2) is 11.6 Å². The molecule has 1 heterocycles. The molecule has 1 N–H and O–H groups in total. The number of thiophene rings is 1. The molecule has 2 aromatic rings. The number of benzene rings is 1. The molecule has 0 saturated heterocycles. The molecule has 1 aromatic carbocycles.